The lowest BCUT2D eigenvalue weighted by Gasteiger charge is -2.42. The van der Waals surface area contributed by atoms with Crippen molar-refractivity contribution in [3.63, 3.8) is 0 Å². The summed E-state index contributed by atoms with van der Waals surface area (Å²) in [6, 6.07) is 18.7. The van der Waals surface area contributed by atoms with Gasteiger partial charge in [0.1, 0.15) is 5.75 Å². The molecule has 1 heterocycles. The fourth-order valence-electron chi connectivity index (χ4n) is 3.75. The normalized spacial score (nSPS) is 17.2. The monoisotopic (exact) mass is 509 g/mol. The number of nitrogens with zero attached hydrogens (tertiary/aromatic N) is 1. The average Bonchev–Trinajstić information content (AvgIpc) is 2.80. The number of ether oxygens (including phenoxy) is 1. The second kappa shape index (κ2) is 9.25. The van der Waals surface area contributed by atoms with Crippen LogP contribution in [0.15, 0.2) is 71.2 Å². The Morgan fingerprint density at radius 3 is 2.48 bits per heavy atom. The van der Waals surface area contributed by atoms with Gasteiger partial charge >= 0.3 is 6.03 Å². The second-order valence-electron chi connectivity index (χ2n) is 7.72. The molecular formula is C25H24BrN3O4. The zero-order chi connectivity index (χ0) is 23.6. The third-order valence-electron chi connectivity index (χ3n) is 5.42. The van der Waals surface area contributed by atoms with Crippen molar-refractivity contribution in [2.75, 3.05) is 16.8 Å². The number of halogens is 1. The Morgan fingerprint density at radius 1 is 1.12 bits per heavy atom. The molecule has 8 heteroatoms. The number of carbonyl (C=O) groups is 2. The predicted octanol–water partition coefficient (Wildman–Crippen LogP) is 4.67. The van der Waals surface area contributed by atoms with Gasteiger partial charge in [-0.2, -0.15) is 0 Å². The van der Waals surface area contributed by atoms with Crippen LogP contribution >= 0.6 is 15.9 Å². The maximum Gasteiger partial charge on any atom is 0.329 e. The first-order chi connectivity index (χ1) is 15.8. The van der Waals surface area contributed by atoms with Gasteiger partial charge < -0.3 is 20.5 Å². The van der Waals surface area contributed by atoms with Gasteiger partial charge in [-0.1, -0.05) is 45.8 Å². The molecule has 0 saturated heterocycles. The molecule has 4 rings (SSSR count). The third kappa shape index (κ3) is 4.44. The Bertz CT molecular complexity index is 1180. The predicted molar refractivity (Wildman–Crippen MR) is 130 cm³/mol. The zero-order valence-electron chi connectivity index (χ0n) is 18.3. The highest BCUT2D eigenvalue weighted by molar-refractivity contribution is 9.10. The van der Waals surface area contributed by atoms with Gasteiger partial charge in [0.05, 0.1) is 12.3 Å². The van der Waals surface area contributed by atoms with E-state index in [0.717, 1.165) is 16.0 Å². The summed E-state index contributed by atoms with van der Waals surface area (Å²) in [5.41, 5.74) is 0.659. The number of aliphatic hydroxyl groups is 1. The molecule has 7 nitrogen and oxygen atoms in total. The summed E-state index contributed by atoms with van der Waals surface area (Å²) in [7, 11) is 0. The SMILES string of the molecule is CCOc1ccc(N2C(=O)Nc3ccc(Br)cc3[C@]2(O)C(=O)NCc2ccc(C)cc2)cc1. The first-order valence-electron chi connectivity index (χ1n) is 10.5. The molecule has 3 aromatic carbocycles. The topological polar surface area (TPSA) is 90.9 Å². The molecule has 0 fully saturated rings. The van der Waals surface area contributed by atoms with Crippen molar-refractivity contribution in [1.82, 2.24) is 5.32 Å². The summed E-state index contributed by atoms with van der Waals surface area (Å²) in [6.45, 7) is 4.55. The van der Waals surface area contributed by atoms with Crippen LogP contribution in [0.1, 0.15) is 23.6 Å². The standard InChI is InChI=1S/C25H24BrN3O4/c1-3-33-20-11-9-19(10-12-20)29-24(31)28-22-13-8-18(26)14-21(22)25(29,32)23(30)27-15-17-6-4-16(2)5-7-17/h4-14,32H,3,15H2,1-2H3,(H,27,30)(H,28,31)/t25-/m0/s1. The van der Waals surface area contributed by atoms with Gasteiger partial charge in [0.2, 0.25) is 0 Å². The van der Waals surface area contributed by atoms with Crippen LogP contribution in [-0.2, 0) is 17.1 Å². The van der Waals surface area contributed by atoms with E-state index in [9.17, 15) is 14.7 Å². The van der Waals surface area contributed by atoms with Crippen LogP contribution in [0.25, 0.3) is 0 Å². The molecule has 33 heavy (non-hydrogen) atoms. The molecule has 0 aliphatic carbocycles. The number of fused-ring (bicyclic) bond motifs is 1. The Kier molecular flexibility index (Phi) is 6.40. The first kappa shape index (κ1) is 22.8. The minimum absolute atomic E-state index is 0.198. The molecule has 1 atom stereocenters. The highest BCUT2D eigenvalue weighted by atomic mass is 79.9. The van der Waals surface area contributed by atoms with Crippen molar-refractivity contribution >= 4 is 39.2 Å². The molecule has 3 amide bonds. The maximum absolute atomic E-state index is 13.5. The molecular weight excluding hydrogens is 486 g/mol. The lowest BCUT2D eigenvalue weighted by Crippen LogP contribution is -2.62. The van der Waals surface area contributed by atoms with Crippen molar-refractivity contribution in [2.24, 2.45) is 0 Å². The first-order valence-corrected chi connectivity index (χ1v) is 11.3. The number of hydrogen-bond donors (Lipinski definition) is 3. The molecule has 0 spiro atoms. The van der Waals surface area contributed by atoms with Crippen LogP contribution in [0, 0.1) is 6.92 Å². The summed E-state index contributed by atoms with van der Waals surface area (Å²) in [4.78, 5) is 27.7. The lowest BCUT2D eigenvalue weighted by molar-refractivity contribution is -0.140. The molecule has 3 aromatic rings. The van der Waals surface area contributed by atoms with Gasteiger partial charge in [0.15, 0.2) is 0 Å². The molecule has 0 unspecified atom stereocenters. The third-order valence-corrected chi connectivity index (χ3v) is 5.91. The van der Waals surface area contributed by atoms with Gasteiger partial charge in [-0.25, -0.2) is 4.79 Å². The summed E-state index contributed by atoms with van der Waals surface area (Å²) in [5.74, 6) is -0.0969. The Labute approximate surface area is 200 Å². The summed E-state index contributed by atoms with van der Waals surface area (Å²) in [5, 5.41) is 17.4. The fraction of sp³-hybridized carbons (Fsp3) is 0.200. The van der Waals surface area contributed by atoms with Crippen LogP contribution in [-0.4, -0.2) is 23.7 Å². The second-order valence-corrected chi connectivity index (χ2v) is 8.64. The number of anilines is 2. The molecule has 170 valence electrons. The van der Waals surface area contributed by atoms with Gasteiger partial charge in [0, 0.05) is 22.3 Å². The number of urea groups is 1. The quantitative estimate of drug-likeness (QED) is 0.450. The zero-order valence-corrected chi connectivity index (χ0v) is 19.8. The summed E-state index contributed by atoms with van der Waals surface area (Å²) >= 11 is 3.40. The Morgan fingerprint density at radius 2 is 1.82 bits per heavy atom. The van der Waals surface area contributed by atoms with E-state index in [1.807, 2.05) is 38.1 Å². The molecule has 0 aromatic heterocycles. The molecule has 0 radical (unpaired) electrons. The van der Waals surface area contributed by atoms with E-state index < -0.39 is 17.7 Å². The van der Waals surface area contributed by atoms with Crippen molar-refractivity contribution < 1.29 is 19.4 Å². The fourth-order valence-corrected chi connectivity index (χ4v) is 4.11. The summed E-state index contributed by atoms with van der Waals surface area (Å²) in [6.07, 6.45) is 0. The number of amides is 3. The number of benzene rings is 3. The van der Waals surface area contributed by atoms with E-state index >= 15 is 0 Å². The average molecular weight is 510 g/mol. The van der Waals surface area contributed by atoms with Crippen LogP contribution in [0.4, 0.5) is 16.2 Å². The lowest BCUT2D eigenvalue weighted by atomic mass is 9.94. The Balaban J connectivity index is 1.74. The van der Waals surface area contributed by atoms with Crippen LogP contribution in [0.5, 0.6) is 5.75 Å². The van der Waals surface area contributed by atoms with Crippen molar-refractivity contribution in [3.05, 3.63) is 87.9 Å². The van der Waals surface area contributed by atoms with Gasteiger partial charge in [-0.05, 0) is 61.9 Å². The molecule has 3 N–H and O–H groups in total. The van der Waals surface area contributed by atoms with Gasteiger partial charge in [0.25, 0.3) is 11.6 Å². The highest BCUT2D eigenvalue weighted by Crippen LogP contribution is 2.41. The minimum atomic E-state index is -2.28. The number of aryl methyl sites for hydroxylation is 1. The number of hydrogen-bond acceptors (Lipinski definition) is 4. The van der Waals surface area contributed by atoms with Gasteiger partial charge in [-0.3, -0.25) is 9.69 Å². The molecule has 0 bridgehead atoms. The van der Waals surface area contributed by atoms with E-state index in [2.05, 4.69) is 26.6 Å². The maximum atomic E-state index is 13.5. The largest absolute Gasteiger partial charge is 0.494 e. The van der Waals surface area contributed by atoms with E-state index in [-0.39, 0.29) is 12.1 Å². The van der Waals surface area contributed by atoms with E-state index in [1.54, 1.807) is 42.5 Å². The molecule has 0 saturated carbocycles. The molecule has 1 aliphatic rings. The number of rotatable bonds is 6. The van der Waals surface area contributed by atoms with Gasteiger partial charge in [-0.15, -0.1) is 0 Å². The highest BCUT2D eigenvalue weighted by Gasteiger charge is 2.52. The van der Waals surface area contributed by atoms with Crippen LogP contribution in [0.2, 0.25) is 0 Å². The smallest absolute Gasteiger partial charge is 0.329 e. The molecule has 1 aliphatic heterocycles. The number of carbonyl (C=O) groups excluding carboxylic acids is 2. The number of nitrogens with one attached hydrogen (secondary N) is 2. The van der Waals surface area contributed by atoms with Crippen LogP contribution in [0.3, 0.4) is 0 Å². The van der Waals surface area contributed by atoms with E-state index in [0.29, 0.717) is 28.2 Å². The van der Waals surface area contributed by atoms with Crippen LogP contribution < -0.4 is 20.3 Å². The Hall–Kier alpha value is -3.36. The van der Waals surface area contributed by atoms with E-state index in [4.69, 9.17) is 4.74 Å². The minimum Gasteiger partial charge on any atom is -0.494 e. The van der Waals surface area contributed by atoms with E-state index in [1.165, 1.54) is 0 Å². The van der Waals surface area contributed by atoms with Crippen molar-refractivity contribution in [3.8, 4) is 5.75 Å². The van der Waals surface area contributed by atoms with Crippen molar-refractivity contribution in [1.29, 1.82) is 0 Å². The van der Waals surface area contributed by atoms with Crippen molar-refractivity contribution in [2.45, 2.75) is 26.1 Å². The summed E-state index contributed by atoms with van der Waals surface area (Å²) < 4.78 is 6.14.